The Labute approximate surface area is 242 Å². The minimum absolute atomic E-state index is 0.0905. The first-order chi connectivity index (χ1) is 19.0. The van der Waals surface area contributed by atoms with Crippen LogP contribution in [0, 0.1) is 11.3 Å². The number of rotatable bonds is 26. The lowest BCUT2D eigenvalue weighted by atomic mass is 9.71. The third-order valence-corrected chi connectivity index (χ3v) is 8.83. The molecule has 0 radical (unpaired) electrons. The van der Waals surface area contributed by atoms with Crippen LogP contribution in [0.15, 0.2) is 12.2 Å². The molecule has 0 aromatic carbocycles. The zero-order valence-corrected chi connectivity index (χ0v) is 26.2. The lowest BCUT2D eigenvalue weighted by molar-refractivity contribution is -0.168. The normalized spacial score (nSPS) is 19.7. The topological polar surface area (TPSA) is 63.6 Å². The molecule has 1 aliphatic carbocycles. The van der Waals surface area contributed by atoms with Crippen LogP contribution in [0.2, 0.25) is 0 Å². The molecule has 0 aromatic rings. The molecule has 1 N–H and O–H groups in total. The Balaban J connectivity index is 2.31. The molecule has 0 heterocycles. The van der Waals surface area contributed by atoms with E-state index in [1.807, 2.05) is 6.08 Å². The summed E-state index contributed by atoms with van der Waals surface area (Å²) in [4.78, 5) is 25.1. The molecule has 0 aliphatic heterocycles. The Hall–Kier alpha value is -1.32. The van der Waals surface area contributed by atoms with Crippen LogP contribution < -0.4 is 0 Å². The Bertz CT molecular complexity index is 643. The minimum atomic E-state index is -1.06. The van der Waals surface area contributed by atoms with Gasteiger partial charge in [0.1, 0.15) is 6.10 Å². The van der Waals surface area contributed by atoms with Crippen molar-refractivity contribution >= 4 is 11.9 Å². The lowest BCUT2D eigenvalue weighted by Gasteiger charge is -2.34. The van der Waals surface area contributed by atoms with E-state index in [0.29, 0.717) is 12.8 Å². The molecule has 1 rings (SSSR count). The number of carboxylic acids is 1. The lowest BCUT2D eigenvalue weighted by Crippen LogP contribution is -2.42. The monoisotopic (exact) mass is 548 g/mol. The highest BCUT2D eigenvalue weighted by Crippen LogP contribution is 2.38. The van der Waals surface area contributed by atoms with Crippen molar-refractivity contribution in [3.05, 3.63) is 12.2 Å². The summed E-state index contributed by atoms with van der Waals surface area (Å²) in [6.45, 7) is 6.26. The molecule has 0 fully saturated rings. The predicted molar refractivity (Wildman–Crippen MR) is 165 cm³/mol. The highest BCUT2D eigenvalue weighted by molar-refractivity contribution is 5.86. The van der Waals surface area contributed by atoms with E-state index >= 15 is 0 Å². The van der Waals surface area contributed by atoms with Crippen LogP contribution >= 0.6 is 0 Å². The maximum atomic E-state index is 13.2. The largest absolute Gasteiger partial charge is 0.481 e. The Morgan fingerprint density at radius 2 is 1.10 bits per heavy atom. The number of carboxylic acid groups (broad SMARTS) is 1. The van der Waals surface area contributed by atoms with Crippen LogP contribution in [0.3, 0.4) is 0 Å². The van der Waals surface area contributed by atoms with E-state index < -0.39 is 17.3 Å². The minimum Gasteiger partial charge on any atom is -0.481 e. The summed E-state index contributed by atoms with van der Waals surface area (Å²) in [5.41, 5.74) is -1.06. The first-order valence-corrected chi connectivity index (χ1v) is 17.1. The molecule has 0 aromatic heterocycles. The van der Waals surface area contributed by atoms with Gasteiger partial charge in [0.25, 0.3) is 0 Å². The van der Waals surface area contributed by atoms with Gasteiger partial charge in [-0.1, -0.05) is 148 Å². The number of ether oxygens (including phenoxy) is 1. The third kappa shape index (κ3) is 16.5. The average Bonchev–Trinajstić information content (AvgIpc) is 2.92. The molecule has 39 heavy (non-hydrogen) atoms. The molecule has 1 aliphatic rings. The molecule has 4 heteroatoms. The molecule has 0 saturated carbocycles. The molecular formula is C35H64O4. The summed E-state index contributed by atoms with van der Waals surface area (Å²) in [5.74, 6) is -1.94. The van der Waals surface area contributed by atoms with Crippen molar-refractivity contribution in [3.8, 4) is 0 Å². The van der Waals surface area contributed by atoms with Crippen molar-refractivity contribution in [1.82, 2.24) is 0 Å². The predicted octanol–water partition coefficient (Wildman–Crippen LogP) is 11.0. The van der Waals surface area contributed by atoms with Gasteiger partial charge in [0.05, 0.1) is 11.3 Å². The van der Waals surface area contributed by atoms with Gasteiger partial charge in [-0.15, -0.1) is 0 Å². The zero-order valence-electron chi connectivity index (χ0n) is 26.2. The highest BCUT2D eigenvalue weighted by atomic mass is 16.5. The van der Waals surface area contributed by atoms with Gasteiger partial charge in [-0.3, -0.25) is 9.59 Å². The van der Waals surface area contributed by atoms with Crippen molar-refractivity contribution in [1.29, 1.82) is 0 Å². The molecule has 0 spiro atoms. The fourth-order valence-electron chi connectivity index (χ4n) is 6.03. The number of esters is 1. The second kappa shape index (κ2) is 23.4. The van der Waals surface area contributed by atoms with Crippen LogP contribution in [0.5, 0.6) is 0 Å². The van der Waals surface area contributed by atoms with Gasteiger partial charge >= 0.3 is 11.9 Å². The van der Waals surface area contributed by atoms with Crippen LogP contribution in [0.25, 0.3) is 0 Å². The summed E-state index contributed by atoms with van der Waals surface area (Å²) < 4.78 is 6.07. The Kier molecular flexibility index (Phi) is 21.4. The van der Waals surface area contributed by atoms with Crippen LogP contribution in [0.1, 0.15) is 181 Å². The van der Waals surface area contributed by atoms with Gasteiger partial charge in [-0.2, -0.15) is 0 Å². The number of carbonyl (C=O) groups excluding carboxylic acids is 1. The van der Waals surface area contributed by atoms with E-state index in [1.165, 1.54) is 122 Å². The maximum Gasteiger partial charge on any atom is 0.316 e. The van der Waals surface area contributed by atoms with E-state index in [0.717, 1.165) is 25.7 Å². The van der Waals surface area contributed by atoms with Crippen molar-refractivity contribution in [3.63, 3.8) is 0 Å². The van der Waals surface area contributed by atoms with E-state index in [1.54, 1.807) is 13.0 Å². The van der Waals surface area contributed by atoms with Crippen LogP contribution in [-0.4, -0.2) is 23.1 Å². The average molecular weight is 549 g/mol. The summed E-state index contributed by atoms with van der Waals surface area (Å²) in [6.07, 6.45) is 34.1. The van der Waals surface area contributed by atoms with Crippen LogP contribution in [-0.2, 0) is 14.3 Å². The molecule has 0 saturated heterocycles. The standard InChI is InChI=1S/C35H64O4/c1-4-6-8-10-12-13-14-15-16-17-18-19-20-22-24-28-31(27-23-21-11-9-7-5-2)39-34(38)35(3)30-26-25-29-32(35)33(36)37/h26,30-32H,4-25,27-29H2,1-3H3,(H,36,37). The van der Waals surface area contributed by atoms with Crippen molar-refractivity contribution in [2.75, 3.05) is 0 Å². The quantitative estimate of drug-likeness (QED) is 0.0663. The summed E-state index contributed by atoms with van der Waals surface area (Å²) in [6, 6.07) is 0. The molecule has 0 bridgehead atoms. The van der Waals surface area contributed by atoms with Crippen molar-refractivity contribution in [2.45, 2.75) is 187 Å². The summed E-state index contributed by atoms with van der Waals surface area (Å²) in [5, 5.41) is 9.71. The second-order valence-corrected chi connectivity index (χ2v) is 12.5. The number of aliphatic carboxylic acids is 1. The third-order valence-electron chi connectivity index (χ3n) is 8.83. The SMILES string of the molecule is CCCCCCCCCCCCCCCCCC(CCCCCCCC)OC(=O)C1(C)C=CCCC1C(=O)O. The molecule has 4 nitrogen and oxygen atoms in total. The number of unbranched alkanes of at least 4 members (excludes halogenated alkanes) is 19. The van der Waals surface area contributed by atoms with Gasteiger partial charge in [-0.25, -0.2) is 0 Å². The maximum absolute atomic E-state index is 13.2. The van der Waals surface area contributed by atoms with Crippen molar-refractivity contribution < 1.29 is 19.4 Å². The molecule has 3 atom stereocenters. The molecule has 3 unspecified atom stereocenters. The smallest absolute Gasteiger partial charge is 0.316 e. The zero-order chi connectivity index (χ0) is 28.6. The fourth-order valence-corrected chi connectivity index (χ4v) is 6.03. The van der Waals surface area contributed by atoms with Gasteiger partial charge in [-0.05, 0) is 45.4 Å². The van der Waals surface area contributed by atoms with Crippen molar-refractivity contribution in [2.24, 2.45) is 11.3 Å². The van der Waals surface area contributed by atoms with E-state index in [2.05, 4.69) is 13.8 Å². The first-order valence-electron chi connectivity index (χ1n) is 17.1. The summed E-state index contributed by atoms with van der Waals surface area (Å²) in [7, 11) is 0. The van der Waals surface area contributed by atoms with Crippen LogP contribution in [0.4, 0.5) is 0 Å². The van der Waals surface area contributed by atoms with Gasteiger partial charge in [0.2, 0.25) is 0 Å². The first kappa shape index (κ1) is 35.7. The number of hydrogen-bond donors (Lipinski definition) is 1. The van der Waals surface area contributed by atoms with Gasteiger partial charge in [0.15, 0.2) is 0 Å². The number of carbonyl (C=O) groups is 2. The molecule has 0 amide bonds. The van der Waals surface area contributed by atoms with E-state index in [-0.39, 0.29) is 12.1 Å². The second-order valence-electron chi connectivity index (χ2n) is 12.5. The Morgan fingerprint density at radius 3 is 1.49 bits per heavy atom. The van der Waals surface area contributed by atoms with E-state index in [4.69, 9.17) is 4.74 Å². The fraction of sp³-hybridized carbons (Fsp3) is 0.886. The van der Waals surface area contributed by atoms with Gasteiger partial charge < -0.3 is 9.84 Å². The highest BCUT2D eigenvalue weighted by Gasteiger charge is 2.46. The molecule has 228 valence electrons. The van der Waals surface area contributed by atoms with Gasteiger partial charge in [0, 0.05) is 0 Å². The number of hydrogen-bond acceptors (Lipinski definition) is 3. The Morgan fingerprint density at radius 1 is 0.718 bits per heavy atom. The summed E-state index contributed by atoms with van der Waals surface area (Å²) >= 11 is 0. The number of allylic oxidation sites excluding steroid dienone is 1. The molecular weight excluding hydrogens is 484 g/mol. The van der Waals surface area contributed by atoms with E-state index in [9.17, 15) is 14.7 Å².